The Morgan fingerprint density at radius 2 is 2.08 bits per heavy atom. The highest BCUT2D eigenvalue weighted by molar-refractivity contribution is 6.30. The molecular weight excluding hydrogens is 344 g/mol. The second kappa shape index (κ2) is 8.69. The number of hydrogen-bond acceptors (Lipinski definition) is 4. The van der Waals surface area contributed by atoms with Crippen molar-refractivity contribution in [3.8, 4) is 5.75 Å². The molecule has 1 aromatic carbocycles. The first kappa shape index (κ1) is 19.0. The van der Waals surface area contributed by atoms with Crippen molar-refractivity contribution in [3.63, 3.8) is 0 Å². The standard InChI is InChI=1S/C18H21ClN2O4/c1-20(2)7-8-21(11-18(23)24)17(22)6-3-13-9-14-10-15(19)4-5-16(14)25-12-13/h3-6,9-10H,7-8,11-12H2,1-2H3,(H,23,24). The highest BCUT2D eigenvalue weighted by Gasteiger charge is 2.15. The van der Waals surface area contributed by atoms with Crippen molar-refractivity contribution in [2.45, 2.75) is 0 Å². The van der Waals surface area contributed by atoms with E-state index in [0.29, 0.717) is 24.7 Å². The van der Waals surface area contributed by atoms with E-state index in [1.165, 1.54) is 11.0 Å². The van der Waals surface area contributed by atoms with Crippen LogP contribution in [0.25, 0.3) is 6.08 Å². The summed E-state index contributed by atoms with van der Waals surface area (Å²) in [6.07, 6.45) is 4.93. The number of likely N-dealkylation sites (N-methyl/N-ethyl adjacent to an activating group) is 1. The summed E-state index contributed by atoms with van der Waals surface area (Å²) in [6, 6.07) is 5.35. The minimum absolute atomic E-state index is 0.328. The van der Waals surface area contributed by atoms with Crippen molar-refractivity contribution in [1.82, 2.24) is 9.80 Å². The summed E-state index contributed by atoms with van der Waals surface area (Å²) in [5, 5.41) is 9.58. The summed E-state index contributed by atoms with van der Waals surface area (Å²) in [5.41, 5.74) is 1.66. The van der Waals surface area contributed by atoms with Crippen LogP contribution < -0.4 is 4.74 Å². The van der Waals surface area contributed by atoms with Crippen LogP contribution in [-0.2, 0) is 9.59 Å². The summed E-state index contributed by atoms with van der Waals surface area (Å²) in [4.78, 5) is 26.5. The van der Waals surface area contributed by atoms with E-state index >= 15 is 0 Å². The largest absolute Gasteiger partial charge is 0.488 e. The van der Waals surface area contributed by atoms with Crippen LogP contribution >= 0.6 is 11.6 Å². The predicted molar refractivity (Wildman–Crippen MR) is 96.8 cm³/mol. The van der Waals surface area contributed by atoms with Crippen LogP contribution in [0.1, 0.15) is 5.56 Å². The first-order chi connectivity index (χ1) is 11.8. The molecule has 0 unspecified atom stereocenters. The molecule has 25 heavy (non-hydrogen) atoms. The molecule has 1 heterocycles. The molecule has 0 saturated heterocycles. The Labute approximate surface area is 151 Å². The van der Waals surface area contributed by atoms with Crippen molar-refractivity contribution in [2.75, 3.05) is 40.3 Å². The maximum Gasteiger partial charge on any atom is 0.323 e. The van der Waals surface area contributed by atoms with E-state index in [9.17, 15) is 9.59 Å². The number of amides is 1. The summed E-state index contributed by atoms with van der Waals surface area (Å²) in [5.74, 6) is -0.641. The number of benzene rings is 1. The zero-order chi connectivity index (χ0) is 18.4. The SMILES string of the molecule is CN(C)CCN(CC(=O)O)C(=O)C=CC1=Cc2cc(Cl)ccc2OC1. The fourth-order valence-electron chi connectivity index (χ4n) is 2.30. The highest BCUT2D eigenvalue weighted by Crippen LogP contribution is 2.29. The molecule has 7 heteroatoms. The van der Waals surface area contributed by atoms with Gasteiger partial charge in [-0.25, -0.2) is 0 Å². The van der Waals surface area contributed by atoms with Crippen LogP contribution in [0.3, 0.4) is 0 Å². The van der Waals surface area contributed by atoms with Gasteiger partial charge < -0.3 is 19.6 Å². The van der Waals surface area contributed by atoms with Crippen molar-refractivity contribution >= 4 is 29.6 Å². The topological polar surface area (TPSA) is 70.1 Å². The zero-order valence-electron chi connectivity index (χ0n) is 14.2. The lowest BCUT2D eigenvalue weighted by molar-refractivity contribution is -0.142. The molecule has 1 aromatic rings. The van der Waals surface area contributed by atoms with E-state index < -0.39 is 5.97 Å². The summed E-state index contributed by atoms with van der Waals surface area (Å²) >= 11 is 5.98. The molecule has 0 aliphatic carbocycles. The van der Waals surface area contributed by atoms with Gasteiger partial charge in [-0.1, -0.05) is 17.7 Å². The smallest absolute Gasteiger partial charge is 0.323 e. The number of nitrogens with zero attached hydrogens (tertiary/aromatic N) is 2. The van der Waals surface area contributed by atoms with Crippen LogP contribution in [0, 0.1) is 0 Å². The zero-order valence-corrected chi connectivity index (χ0v) is 15.0. The number of hydrogen-bond donors (Lipinski definition) is 1. The van der Waals surface area contributed by atoms with Gasteiger partial charge in [-0.05, 0) is 43.9 Å². The van der Waals surface area contributed by atoms with Gasteiger partial charge in [0, 0.05) is 29.8 Å². The van der Waals surface area contributed by atoms with E-state index in [0.717, 1.165) is 16.9 Å². The molecule has 0 aromatic heterocycles. The fraction of sp³-hybridized carbons (Fsp3) is 0.333. The van der Waals surface area contributed by atoms with E-state index in [4.69, 9.17) is 21.4 Å². The lowest BCUT2D eigenvalue weighted by Crippen LogP contribution is -2.39. The Hall–Kier alpha value is -2.31. The van der Waals surface area contributed by atoms with Crippen molar-refractivity contribution in [3.05, 3.63) is 46.5 Å². The number of carboxylic acid groups (broad SMARTS) is 1. The number of ether oxygens (including phenoxy) is 1. The predicted octanol–water partition coefficient (Wildman–Crippen LogP) is 2.15. The van der Waals surface area contributed by atoms with Crippen LogP contribution in [-0.4, -0.2) is 67.1 Å². The molecular formula is C18H21ClN2O4. The molecule has 0 fully saturated rings. The molecule has 1 aliphatic rings. The fourth-order valence-corrected chi connectivity index (χ4v) is 2.48. The quantitative estimate of drug-likeness (QED) is 0.751. The van der Waals surface area contributed by atoms with Gasteiger partial charge >= 0.3 is 5.97 Å². The number of rotatable bonds is 7. The summed E-state index contributed by atoms with van der Waals surface area (Å²) < 4.78 is 5.62. The van der Waals surface area contributed by atoms with E-state index in [1.807, 2.05) is 25.1 Å². The summed E-state index contributed by atoms with van der Waals surface area (Å²) in [6.45, 7) is 0.945. The molecule has 0 atom stereocenters. The monoisotopic (exact) mass is 364 g/mol. The molecule has 0 bridgehead atoms. The molecule has 1 N–H and O–H groups in total. The minimum Gasteiger partial charge on any atom is -0.488 e. The number of carboxylic acids is 1. The third-order valence-electron chi connectivity index (χ3n) is 3.60. The number of aliphatic carboxylic acids is 1. The maximum absolute atomic E-state index is 12.3. The Morgan fingerprint density at radius 3 is 2.76 bits per heavy atom. The van der Waals surface area contributed by atoms with Crippen LogP contribution in [0.2, 0.25) is 5.02 Å². The van der Waals surface area contributed by atoms with Gasteiger partial charge in [-0.15, -0.1) is 0 Å². The van der Waals surface area contributed by atoms with Gasteiger partial charge in [0.1, 0.15) is 18.9 Å². The van der Waals surface area contributed by atoms with Crippen LogP contribution in [0.5, 0.6) is 5.75 Å². The average Bonchev–Trinajstić information content (AvgIpc) is 2.55. The van der Waals surface area contributed by atoms with Crippen molar-refractivity contribution in [1.29, 1.82) is 0 Å². The normalized spacial score (nSPS) is 13.4. The lowest BCUT2D eigenvalue weighted by atomic mass is 10.1. The Balaban J connectivity index is 2.07. The van der Waals surface area contributed by atoms with Gasteiger partial charge in [-0.3, -0.25) is 9.59 Å². The van der Waals surface area contributed by atoms with Crippen molar-refractivity contribution < 1.29 is 19.4 Å². The van der Waals surface area contributed by atoms with Gasteiger partial charge in [0.15, 0.2) is 0 Å². The molecule has 1 aliphatic heterocycles. The molecule has 134 valence electrons. The van der Waals surface area contributed by atoms with Gasteiger partial charge in [-0.2, -0.15) is 0 Å². The van der Waals surface area contributed by atoms with E-state index in [1.54, 1.807) is 24.3 Å². The van der Waals surface area contributed by atoms with E-state index in [2.05, 4.69) is 0 Å². The lowest BCUT2D eigenvalue weighted by Gasteiger charge is -2.21. The molecule has 2 rings (SSSR count). The molecule has 0 radical (unpaired) electrons. The third-order valence-corrected chi connectivity index (χ3v) is 3.84. The van der Waals surface area contributed by atoms with Crippen molar-refractivity contribution in [2.24, 2.45) is 0 Å². The molecule has 0 spiro atoms. The third kappa shape index (κ3) is 5.92. The van der Waals surface area contributed by atoms with Gasteiger partial charge in [0.25, 0.3) is 0 Å². The van der Waals surface area contributed by atoms with Gasteiger partial charge in [0.2, 0.25) is 5.91 Å². The van der Waals surface area contributed by atoms with Crippen LogP contribution in [0.4, 0.5) is 0 Å². The molecule has 0 saturated carbocycles. The Morgan fingerprint density at radius 1 is 1.32 bits per heavy atom. The second-order valence-corrected chi connectivity index (χ2v) is 6.42. The number of fused-ring (bicyclic) bond motifs is 1. The van der Waals surface area contributed by atoms with E-state index in [-0.39, 0.29) is 12.5 Å². The first-order valence-corrected chi connectivity index (χ1v) is 8.19. The number of halogens is 1. The van der Waals surface area contributed by atoms with Gasteiger partial charge in [0.05, 0.1) is 0 Å². The molecule has 6 nitrogen and oxygen atoms in total. The maximum atomic E-state index is 12.3. The first-order valence-electron chi connectivity index (χ1n) is 7.81. The number of carbonyl (C=O) groups is 2. The van der Waals surface area contributed by atoms with Crippen LogP contribution in [0.15, 0.2) is 35.9 Å². The average molecular weight is 365 g/mol. The second-order valence-electron chi connectivity index (χ2n) is 5.98. The Bertz CT molecular complexity index is 713. The molecule has 1 amide bonds. The minimum atomic E-state index is -1.04. The summed E-state index contributed by atoms with van der Waals surface area (Å²) in [7, 11) is 3.73. The Kier molecular flexibility index (Phi) is 6.61. The number of carbonyl (C=O) groups excluding carboxylic acids is 1. The highest BCUT2D eigenvalue weighted by atomic mass is 35.5.